The SMILES string of the molecule is CCC(C)NC(=O)C(C)N(Cc1ccc(Cl)cc1)C(=O)CN(c1ccc(Cl)cc1)S(=O)(=O)c1ccc(OC)cc1. The van der Waals surface area contributed by atoms with Gasteiger partial charge in [0.2, 0.25) is 11.8 Å². The van der Waals surface area contributed by atoms with E-state index < -0.39 is 28.5 Å². The molecule has 8 nitrogen and oxygen atoms in total. The summed E-state index contributed by atoms with van der Waals surface area (Å²) < 4.78 is 33.9. The Hall–Kier alpha value is -3.27. The largest absolute Gasteiger partial charge is 0.497 e. The van der Waals surface area contributed by atoms with Crippen LogP contribution < -0.4 is 14.4 Å². The highest BCUT2D eigenvalue weighted by atomic mass is 35.5. The molecule has 0 bridgehead atoms. The Morgan fingerprint density at radius 1 is 0.900 bits per heavy atom. The standard InChI is InChI=1S/C29H33Cl2N3O5S/c1-5-20(2)32-29(36)21(3)33(18-22-6-8-23(30)9-7-22)28(35)19-34(25-12-10-24(31)11-13-25)40(37,38)27-16-14-26(39-4)15-17-27/h6-17,20-21H,5,18-19H2,1-4H3,(H,32,36). The second-order valence-electron chi connectivity index (χ2n) is 9.31. The van der Waals surface area contributed by atoms with E-state index in [0.717, 1.165) is 9.87 Å². The van der Waals surface area contributed by atoms with Crippen LogP contribution in [0.1, 0.15) is 32.8 Å². The molecule has 1 N–H and O–H groups in total. The van der Waals surface area contributed by atoms with Crippen molar-refractivity contribution in [2.75, 3.05) is 18.0 Å². The van der Waals surface area contributed by atoms with Crippen LogP contribution >= 0.6 is 23.2 Å². The molecule has 2 atom stereocenters. The number of carbonyl (C=O) groups excluding carboxylic acids is 2. The quantitative estimate of drug-likeness (QED) is 0.293. The molecule has 0 heterocycles. The van der Waals surface area contributed by atoms with Gasteiger partial charge in [-0.1, -0.05) is 42.3 Å². The summed E-state index contributed by atoms with van der Waals surface area (Å²) in [5, 5.41) is 3.85. The smallest absolute Gasteiger partial charge is 0.264 e. The highest BCUT2D eigenvalue weighted by Crippen LogP contribution is 2.27. The molecule has 40 heavy (non-hydrogen) atoms. The molecule has 0 aliphatic heterocycles. The molecule has 0 radical (unpaired) electrons. The normalized spacial score (nSPS) is 12.8. The van der Waals surface area contributed by atoms with E-state index in [-0.39, 0.29) is 29.1 Å². The number of nitrogens with zero attached hydrogens (tertiary/aromatic N) is 2. The first-order valence-corrected chi connectivity index (χ1v) is 14.9. The minimum absolute atomic E-state index is 0.0251. The third-order valence-corrected chi connectivity index (χ3v) is 8.77. The summed E-state index contributed by atoms with van der Waals surface area (Å²) >= 11 is 12.1. The number of sulfonamides is 1. The van der Waals surface area contributed by atoms with Crippen molar-refractivity contribution >= 4 is 50.7 Å². The molecule has 3 aromatic rings. The van der Waals surface area contributed by atoms with Crippen LogP contribution in [0.25, 0.3) is 0 Å². The van der Waals surface area contributed by atoms with Gasteiger partial charge in [-0.15, -0.1) is 0 Å². The van der Waals surface area contributed by atoms with Crippen LogP contribution in [0, 0.1) is 0 Å². The van der Waals surface area contributed by atoms with Crippen molar-refractivity contribution in [1.29, 1.82) is 0 Å². The van der Waals surface area contributed by atoms with Gasteiger partial charge in [-0.05, 0) is 86.5 Å². The van der Waals surface area contributed by atoms with E-state index in [0.29, 0.717) is 22.2 Å². The van der Waals surface area contributed by atoms with E-state index in [9.17, 15) is 18.0 Å². The lowest BCUT2D eigenvalue weighted by Gasteiger charge is -2.32. The lowest BCUT2D eigenvalue weighted by Crippen LogP contribution is -2.52. The lowest BCUT2D eigenvalue weighted by atomic mass is 10.1. The van der Waals surface area contributed by atoms with E-state index in [1.165, 1.54) is 48.4 Å². The number of halogens is 2. The Bertz CT molecular complexity index is 1400. The first-order chi connectivity index (χ1) is 19.0. The summed E-state index contributed by atoms with van der Waals surface area (Å²) in [6.45, 7) is 4.96. The van der Waals surface area contributed by atoms with E-state index >= 15 is 0 Å². The van der Waals surface area contributed by atoms with Gasteiger partial charge in [0.1, 0.15) is 18.3 Å². The lowest BCUT2D eigenvalue weighted by molar-refractivity contribution is -0.139. The van der Waals surface area contributed by atoms with Gasteiger partial charge in [0.05, 0.1) is 17.7 Å². The number of hydrogen-bond donors (Lipinski definition) is 1. The van der Waals surface area contributed by atoms with Gasteiger partial charge >= 0.3 is 0 Å². The molecule has 0 fully saturated rings. The third-order valence-electron chi connectivity index (χ3n) is 6.48. The molecule has 3 rings (SSSR count). The van der Waals surface area contributed by atoms with Gasteiger partial charge in [-0.25, -0.2) is 8.42 Å². The molecule has 3 aromatic carbocycles. The number of carbonyl (C=O) groups is 2. The molecular formula is C29H33Cl2N3O5S. The van der Waals surface area contributed by atoms with Crippen LogP contribution in [0.15, 0.2) is 77.7 Å². The fourth-order valence-corrected chi connectivity index (χ4v) is 5.51. The molecule has 0 saturated heterocycles. The summed E-state index contributed by atoms with van der Waals surface area (Å²) in [6, 6.07) is 18.0. The second kappa shape index (κ2) is 13.9. The van der Waals surface area contributed by atoms with Crippen LogP contribution in [0.3, 0.4) is 0 Å². The van der Waals surface area contributed by atoms with E-state index in [4.69, 9.17) is 27.9 Å². The minimum atomic E-state index is -4.20. The number of methoxy groups -OCH3 is 1. The number of benzene rings is 3. The number of hydrogen-bond acceptors (Lipinski definition) is 5. The minimum Gasteiger partial charge on any atom is -0.497 e. The van der Waals surface area contributed by atoms with Crippen LogP contribution in [0.4, 0.5) is 5.69 Å². The van der Waals surface area contributed by atoms with Gasteiger partial charge in [0, 0.05) is 22.6 Å². The highest BCUT2D eigenvalue weighted by molar-refractivity contribution is 7.92. The molecule has 0 saturated carbocycles. The fraction of sp³-hybridized carbons (Fsp3) is 0.310. The van der Waals surface area contributed by atoms with Gasteiger partial charge in [-0.2, -0.15) is 0 Å². The molecule has 2 amide bonds. The Labute approximate surface area is 245 Å². The Balaban J connectivity index is 2.01. The average molecular weight is 607 g/mol. The first-order valence-electron chi connectivity index (χ1n) is 12.7. The topological polar surface area (TPSA) is 96.0 Å². The maximum absolute atomic E-state index is 13.9. The summed E-state index contributed by atoms with van der Waals surface area (Å²) in [4.78, 5) is 28.3. The highest BCUT2D eigenvalue weighted by Gasteiger charge is 2.32. The number of amides is 2. The third kappa shape index (κ3) is 7.90. The van der Waals surface area contributed by atoms with Crippen LogP contribution in [-0.4, -0.2) is 50.9 Å². The monoisotopic (exact) mass is 605 g/mol. The maximum Gasteiger partial charge on any atom is 0.264 e. The number of anilines is 1. The zero-order chi connectivity index (χ0) is 29.4. The van der Waals surface area contributed by atoms with Crippen molar-refractivity contribution in [3.63, 3.8) is 0 Å². The number of rotatable bonds is 12. The van der Waals surface area contributed by atoms with E-state index in [2.05, 4.69) is 5.32 Å². The van der Waals surface area contributed by atoms with Gasteiger partial charge in [0.25, 0.3) is 10.0 Å². The van der Waals surface area contributed by atoms with E-state index in [1.54, 1.807) is 43.3 Å². The van der Waals surface area contributed by atoms with Crippen molar-refractivity contribution in [3.05, 3.63) is 88.4 Å². The van der Waals surface area contributed by atoms with Crippen LogP contribution in [0.5, 0.6) is 5.75 Å². The molecular weight excluding hydrogens is 573 g/mol. The summed E-state index contributed by atoms with van der Waals surface area (Å²) in [5.74, 6) is -0.412. The molecule has 2 unspecified atom stereocenters. The number of nitrogens with one attached hydrogen (secondary N) is 1. The molecule has 0 aliphatic rings. The Kier molecular flexibility index (Phi) is 10.8. The Morgan fingerprint density at radius 2 is 1.45 bits per heavy atom. The molecule has 0 spiro atoms. The average Bonchev–Trinajstić information content (AvgIpc) is 2.95. The fourth-order valence-electron chi connectivity index (χ4n) is 3.85. The summed E-state index contributed by atoms with van der Waals surface area (Å²) in [6.07, 6.45) is 0.716. The van der Waals surface area contributed by atoms with Crippen molar-refractivity contribution in [2.24, 2.45) is 0 Å². The van der Waals surface area contributed by atoms with Crippen molar-refractivity contribution in [2.45, 2.75) is 50.7 Å². The molecule has 11 heteroatoms. The summed E-state index contributed by atoms with van der Waals surface area (Å²) in [7, 11) is -2.72. The molecule has 0 aliphatic carbocycles. The van der Waals surface area contributed by atoms with E-state index in [1.807, 2.05) is 13.8 Å². The second-order valence-corrected chi connectivity index (χ2v) is 12.0. The first kappa shape index (κ1) is 31.3. The predicted octanol–water partition coefficient (Wildman–Crippen LogP) is 5.53. The van der Waals surface area contributed by atoms with Crippen molar-refractivity contribution in [3.8, 4) is 5.75 Å². The molecule has 214 valence electrons. The van der Waals surface area contributed by atoms with Crippen molar-refractivity contribution < 1.29 is 22.7 Å². The van der Waals surface area contributed by atoms with Gasteiger partial charge in [-0.3, -0.25) is 13.9 Å². The molecule has 0 aromatic heterocycles. The van der Waals surface area contributed by atoms with Crippen molar-refractivity contribution in [1.82, 2.24) is 10.2 Å². The van der Waals surface area contributed by atoms with Crippen LogP contribution in [-0.2, 0) is 26.2 Å². The van der Waals surface area contributed by atoms with Crippen LogP contribution in [0.2, 0.25) is 10.0 Å². The van der Waals surface area contributed by atoms with Gasteiger partial charge < -0.3 is 15.0 Å². The Morgan fingerprint density at radius 3 is 1.98 bits per heavy atom. The maximum atomic E-state index is 13.9. The number of ether oxygens (including phenoxy) is 1. The zero-order valence-electron chi connectivity index (χ0n) is 22.8. The predicted molar refractivity (Wildman–Crippen MR) is 158 cm³/mol. The van der Waals surface area contributed by atoms with Gasteiger partial charge in [0.15, 0.2) is 0 Å². The zero-order valence-corrected chi connectivity index (χ0v) is 25.1. The summed E-state index contributed by atoms with van der Waals surface area (Å²) in [5.41, 5.74) is 0.980.